The first-order valence-electron chi connectivity index (χ1n) is 10.6. The molecule has 0 bridgehead atoms. The number of aliphatic hydroxyl groups is 2. The third-order valence-corrected chi connectivity index (χ3v) is 5.66. The first-order valence-corrected chi connectivity index (χ1v) is 10.6. The molecule has 32 heavy (non-hydrogen) atoms. The van der Waals surface area contributed by atoms with Gasteiger partial charge in [0, 0.05) is 27.0 Å². The molecule has 0 aliphatic carbocycles. The Balaban J connectivity index is 2.22. The Morgan fingerprint density at radius 2 is 1.84 bits per heavy atom. The number of aliphatic hydroxyl groups excluding tert-OH is 2. The molecule has 9 nitrogen and oxygen atoms in total. The number of amidine groups is 1. The van der Waals surface area contributed by atoms with Crippen molar-refractivity contribution in [1.29, 1.82) is 0 Å². The minimum atomic E-state index is -1.26. The number of anilines is 1. The number of pyridine rings is 1. The SMILES string of the molecule is CCN1C(CO)=NN(c2cc3c(C(C)C)cn(C(COC)COC)c(=O)c3cc2F)C1O. The maximum absolute atomic E-state index is 15.2. The molecule has 1 unspecified atom stereocenters. The number of nitrogens with zero attached hydrogens (tertiary/aromatic N) is 4. The Bertz CT molecular complexity index is 1050. The first-order chi connectivity index (χ1) is 15.3. The Kier molecular flexibility index (Phi) is 7.50. The lowest BCUT2D eigenvalue weighted by molar-refractivity contribution is 0.0649. The predicted molar refractivity (Wildman–Crippen MR) is 120 cm³/mol. The number of benzene rings is 1. The fraction of sp³-hybridized carbons (Fsp3) is 0.545. The van der Waals surface area contributed by atoms with E-state index >= 15 is 4.39 Å². The van der Waals surface area contributed by atoms with Gasteiger partial charge in [0.15, 0.2) is 5.84 Å². The number of likely N-dealkylation sites (N-methyl/N-ethyl adjacent to an activating group) is 1. The van der Waals surface area contributed by atoms with Crippen LogP contribution in [0.3, 0.4) is 0 Å². The number of methoxy groups -OCH3 is 2. The van der Waals surface area contributed by atoms with Gasteiger partial charge in [-0.2, -0.15) is 5.10 Å². The lowest BCUT2D eigenvalue weighted by atomic mass is 9.97. The van der Waals surface area contributed by atoms with Crippen molar-refractivity contribution >= 4 is 22.3 Å². The van der Waals surface area contributed by atoms with Gasteiger partial charge in [0.2, 0.25) is 6.35 Å². The van der Waals surface area contributed by atoms with E-state index in [2.05, 4.69) is 5.10 Å². The highest BCUT2D eigenvalue weighted by Gasteiger charge is 2.34. The molecular formula is C22H31FN4O5. The van der Waals surface area contributed by atoms with E-state index in [-0.39, 0.29) is 54.2 Å². The van der Waals surface area contributed by atoms with Crippen LogP contribution in [-0.4, -0.2) is 72.5 Å². The van der Waals surface area contributed by atoms with E-state index in [1.807, 2.05) is 13.8 Å². The summed E-state index contributed by atoms with van der Waals surface area (Å²) in [5.74, 6) is -0.434. The molecule has 0 spiro atoms. The van der Waals surface area contributed by atoms with Gasteiger partial charge in [-0.15, -0.1) is 0 Å². The summed E-state index contributed by atoms with van der Waals surface area (Å²) >= 11 is 0. The van der Waals surface area contributed by atoms with E-state index in [9.17, 15) is 15.0 Å². The monoisotopic (exact) mass is 450 g/mol. The number of fused-ring (bicyclic) bond motifs is 1. The fourth-order valence-corrected chi connectivity index (χ4v) is 4.04. The van der Waals surface area contributed by atoms with E-state index in [0.29, 0.717) is 11.9 Å². The highest BCUT2D eigenvalue weighted by molar-refractivity contribution is 5.91. The van der Waals surface area contributed by atoms with Crippen molar-refractivity contribution in [3.8, 4) is 0 Å². The van der Waals surface area contributed by atoms with Gasteiger partial charge in [0.05, 0.1) is 24.6 Å². The minimum Gasteiger partial charge on any atom is -0.388 e. The van der Waals surface area contributed by atoms with Crippen LogP contribution < -0.4 is 10.6 Å². The molecule has 0 saturated heterocycles. The van der Waals surface area contributed by atoms with Crippen molar-refractivity contribution in [3.63, 3.8) is 0 Å². The number of hydrogen-bond acceptors (Lipinski definition) is 8. The molecule has 2 heterocycles. The summed E-state index contributed by atoms with van der Waals surface area (Å²) < 4.78 is 27.3. The van der Waals surface area contributed by atoms with Crippen LogP contribution in [0.1, 0.15) is 38.3 Å². The number of halogens is 1. The number of aromatic nitrogens is 1. The zero-order chi connectivity index (χ0) is 23.6. The molecular weight excluding hydrogens is 419 g/mol. The largest absolute Gasteiger partial charge is 0.388 e. The molecule has 1 aromatic heterocycles. The zero-order valence-corrected chi connectivity index (χ0v) is 19.1. The van der Waals surface area contributed by atoms with E-state index in [0.717, 1.165) is 10.6 Å². The zero-order valence-electron chi connectivity index (χ0n) is 19.1. The lowest BCUT2D eigenvalue weighted by Crippen LogP contribution is -2.43. The van der Waals surface area contributed by atoms with Crippen molar-refractivity contribution in [1.82, 2.24) is 9.47 Å². The molecule has 0 fully saturated rings. The van der Waals surface area contributed by atoms with Crippen LogP contribution in [0.15, 0.2) is 28.2 Å². The summed E-state index contributed by atoms with van der Waals surface area (Å²) in [5.41, 5.74) is 0.507. The summed E-state index contributed by atoms with van der Waals surface area (Å²) in [6.07, 6.45) is 0.505. The van der Waals surface area contributed by atoms with Gasteiger partial charge in [-0.1, -0.05) is 13.8 Å². The van der Waals surface area contributed by atoms with E-state index < -0.39 is 12.2 Å². The third kappa shape index (κ3) is 4.23. The fourth-order valence-electron chi connectivity index (χ4n) is 4.04. The van der Waals surface area contributed by atoms with Gasteiger partial charge in [-0.3, -0.25) is 4.79 Å². The molecule has 0 saturated carbocycles. The summed E-state index contributed by atoms with van der Waals surface area (Å²) in [4.78, 5) is 14.8. The Labute approximate surface area is 186 Å². The average molecular weight is 451 g/mol. The second-order valence-electron chi connectivity index (χ2n) is 8.02. The van der Waals surface area contributed by atoms with E-state index in [4.69, 9.17) is 9.47 Å². The molecule has 2 aromatic rings. The van der Waals surface area contributed by atoms with Crippen LogP contribution in [0.2, 0.25) is 0 Å². The highest BCUT2D eigenvalue weighted by Crippen LogP contribution is 2.33. The van der Waals surface area contributed by atoms with Crippen LogP contribution >= 0.6 is 0 Å². The van der Waals surface area contributed by atoms with Crippen LogP contribution in [0.5, 0.6) is 0 Å². The van der Waals surface area contributed by atoms with Gasteiger partial charge in [-0.05, 0) is 35.9 Å². The maximum atomic E-state index is 15.2. The lowest BCUT2D eigenvalue weighted by Gasteiger charge is -2.27. The third-order valence-electron chi connectivity index (χ3n) is 5.66. The molecule has 3 rings (SSSR count). The van der Waals surface area contributed by atoms with Crippen LogP contribution in [0.25, 0.3) is 10.8 Å². The topological polar surface area (TPSA) is 99.8 Å². The van der Waals surface area contributed by atoms with Crippen molar-refractivity contribution in [2.75, 3.05) is 45.6 Å². The maximum Gasteiger partial charge on any atom is 0.258 e. The van der Waals surface area contributed by atoms with Crippen molar-refractivity contribution in [3.05, 3.63) is 40.1 Å². The Hall–Kier alpha value is -2.53. The number of hydrazone groups is 1. The van der Waals surface area contributed by atoms with Gasteiger partial charge in [0.25, 0.3) is 5.56 Å². The van der Waals surface area contributed by atoms with Gasteiger partial charge >= 0.3 is 0 Å². The Morgan fingerprint density at radius 1 is 1.19 bits per heavy atom. The van der Waals surface area contributed by atoms with Crippen molar-refractivity contribution < 1.29 is 24.1 Å². The van der Waals surface area contributed by atoms with Crippen LogP contribution in [0, 0.1) is 5.82 Å². The minimum absolute atomic E-state index is 0.0243. The normalized spacial score (nSPS) is 16.7. The van der Waals surface area contributed by atoms with Gasteiger partial charge in [0.1, 0.15) is 18.1 Å². The highest BCUT2D eigenvalue weighted by atomic mass is 19.1. The van der Waals surface area contributed by atoms with Gasteiger partial charge < -0.3 is 29.2 Å². The van der Waals surface area contributed by atoms with Crippen LogP contribution in [0.4, 0.5) is 10.1 Å². The summed E-state index contributed by atoms with van der Waals surface area (Å²) in [6, 6.07) is 2.35. The molecule has 176 valence electrons. The second kappa shape index (κ2) is 9.95. The number of hydrogen-bond donors (Lipinski definition) is 2. The smallest absolute Gasteiger partial charge is 0.258 e. The number of rotatable bonds is 9. The molecule has 1 aliphatic heterocycles. The predicted octanol–water partition coefficient (Wildman–Crippen LogP) is 1.82. The average Bonchev–Trinajstić information content (AvgIpc) is 3.09. The molecule has 10 heteroatoms. The summed E-state index contributed by atoms with van der Waals surface area (Å²) in [6.45, 7) is 6.29. The first kappa shape index (κ1) is 24.1. The molecule has 2 N–H and O–H groups in total. The summed E-state index contributed by atoms with van der Waals surface area (Å²) in [5, 5.41) is 26.3. The van der Waals surface area contributed by atoms with Crippen molar-refractivity contribution in [2.45, 2.75) is 39.1 Å². The Morgan fingerprint density at radius 3 is 2.34 bits per heavy atom. The molecule has 0 radical (unpaired) electrons. The van der Waals surface area contributed by atoms with E-state index in [1.54, 1.807) is 27.3 Å². The molecule has 1 atom stereocenters. The van der Waals surface area contributed by atoms with E-state index in [1.165, 1.54) is 21.6 Å². The van der Waals surface area contributed by atoms with Crippen molar-refractivity contribution in [2.24, 2.45) is 5.10 Å². The molecule has 0 amide bonds. The van der Waals surface area contributed by atoms with Gasteiger partial charge in [-0.25, -0.2) is 9.40 Å². The molecule has 1 aliphatic rings. The quantitative estimate of drug-likeness (QED) is 0.601. The standard InChI is InChI=1S/C22H31FN4O5/c1-6-25-20(10-28)24-27(22(25)30)19-8-15-16(7-18(19)23)21(29)26(9-17(15)13(2)3)14(11-31-4)12-32-5/h7-9,13-14,22,28,30H,6,10-12H2,1-5H3. The van der Waals surface area contributed by atoms with Crippen LogP contribution in [-0.2, 0) is 9.47 Å². The molecule has 1 aromatic carbocycles. The summed E-state index contributed by atoms with van der Waals surface area (Å²) in [7, 11) is 3.10. The number of ether oxygens (including phenoxy) is 2. The second-order valence-corrected chi connectivity index (χ2v) is 8.02.